The Bertz CT molecular complexity index is 322. The van der Waals surface area contributed by atoms with E-state index in [4.69, 9.17) is 9.47 Å². The van der Waals surface area contributed by atoms with Gasteiger partial charge in [0.1, 0.15) is 11.5 Å². The van der Waals surface area contributed by atoms with E-state index in [1.165, 1.54) is 6.42 Å². The molecule has 0 aliphatic heterocycles. The molecule has 0 heterocycles. The van der Waals surface area contributed by atoms with Crippen molar-refractivity contribution in [3.8, 4) is 11.5 Å². The van der Waals surface area contributed by atoms with Gasteiger partial charge < -0.3 is 9.47 Å². The lowest BCUT2D eigenvalue weighted by Gasteiger charge is -2.12. The van der Waals surface area contributed by atoms with Crippen LogP contribution in [0.5, 0.6) is 11.5 Å². The zero-order valence-corrected chi connectivity index (χ0v) is 13.1. The monoisotopic (exact) mass is 314 g/mol. The molecule has 1 aromatic carbocycles. The van der Waals surface area contributed by atoms with Gasteiger partial charge in [-0.05, 0) is 49.4 Å². The summed E-state index contributed by atoms with van der Waals surface area (Å²) in [4.78, 5) is 0.608. The van der Waals surface area contributed by atoms with E-state index in [0.717, 1.165) is 36.9 Å². The molecule has 1 aromatic rings. The smallest absolute Gasteiger partial charge is 0.119 e. The summed E-state index contributed by atoms with van der Waals surface area (Å²) in [7, 11) is 1.67. The highest BCUT2D eigenvalue weighted by atomic mass is 79.9. The molecule has 0 saturated heterocycles. The van der Waals surface area contributed by atoms with E-state index < -0.39 is 0 Å². The Morgan fingerprint density at radius 2 is 1.72 bits per heavy atom. The molecule has 0 fully saturated rings. The van der Waals surface area contributed by atoms with Crippen LogP contribution >= 0.6 is 15.9 Å². The van der Waals surface area contributed by atoms with Crippen molar-refractivity contribution in [2.75, 3.05) is 13.7 Å². The first-order valence-corrected chi connectivity index (χ1v) is 7.44. The molecule has 2 nitrogen and oxygen atoms in total. The standard InChI is InChI=1S/C15H23BrO2/c1-12(2)11-13(16)5-4-10-18-15-8-6-14(17-3)7-9-15/h6-9,12-13H,4-5,10-11H2,1-3H3. The van der Waals surface area contributed by atoms with Gasteiger partial charge in [-0.3, -0.25) is 0 Å². The second-order valence-electron chi connectivity index (χ2n) is 4.89. The predicted octanol–water partition coefficient (Wildman–Crippen LogP) is 4.66. The fraction of sp³-hybridized carbons (Fsp3) is 0.600. The molecule has 0 amide bonds. The molecule has 0 N–H and O–H groups in total. The molecule has 0 bridgehead atoms. The van der Waals surface area contributed by atoms with E-state index in [2.05, 4.69) is 29.8 Å². The Labute approximate surface area is 119 Å². The SMILES string of the molecule is COc1ccc(OCCCC(Br)CC(C)C)cc1. The van der Waals surface area contributed by atoms with E-state index in [-0.39, 0.29) is 0 Å². The molecule has 0 aromatic heterocycles. The summed E-state index contributed by atoms with van der Waals surface area (Å²) in [5.41, 5.74) is 0. The average molecular weight is 315 g/mol. The molecule has 102 valence electrons. The molecule has 3 heteroatoms. The summed E-state index contributed by atoms with van der Waals surface area (Å²) < 4.78 is 10.8. The van der Waals surface area contributed by atoms with Crippen molar-refractivity contribution >= 4 is 15.9 Å². The van der Waals surface area contributed by atoms with Crippen molar-refractivity contribution in [2.45, 2.75) is 37.9 Å². The summed E-state index contributed by atoms with van der Waals surface area (Å²) in [6, 6.07) is 7.72. The third kappa shape index (κ3) is 6.29. The number of benzene rings is 1. The van der Waals surface area contributed by atoms with Gasteiger partial charge in [-0.25, -0.2) is 0 Å². The van der Waals surface area contributed by atoms with Gasteiger partial charge >= 0.3 is 0 Å². The number of methoxy groups -OCH3 is 1. The summed E-state index contributed by atoms with van der Waals surface area (Å²) in [5.74, 6) is 2.52. The van der Waals surface area contributed by atoms with Gasteiger partial charge in [0.15, 0.2) is 0 Å². The predicted molar refractivity (Wildman–Crippen MR) is 79.9 cm³/mol. The average Bonchev–Trinajstić information content (AvgIpc) is 2.34. The maximum absolute atomic E-state index is 5.68. The Morgan fingerprint density at radius 1 is 1.11 bits per heavy atom. The Balaban J connectivity index is 2.17. The fourth-order valence-corrected chi connectivity index (χ4v) is 2.87. The minimum Gasteiger partial charge on any atom is -0.497 e. The van der Waals surface area contributed by atoms with E-state index in [1.54, 1.807) is 7.11 Å². The summed E-state index contributed by atoms with van der Waals surface area (Å²) in [6.07, 6.45) is 3.46. The highest BCUT2D eigenvalue weighted by Crippen LogP contribution is 2.19. The number of halogens is 1. The maximum Gasteiger partial charge on any atom is 0.119 e. The number of hydrogen-bond donors (Lipinski definition) is 0. The van der Waals surface area contributed by atoms with Gasteiger partial charge in [0.25, 0.3) is 0 Å². The van der Waals surface area contributed by atoms with Crippen molar-refractivity contribution < 1.29 is 9.47 Å². The molecule has 1 rings (SSSR count). The molecular formula is C15H23BrO2. The van der Waals surface area contributed by atoms with Gasteiger partial charge in [0.05, 0.1) is 13.7 Å². The molecule has 0 aliphatic rings. The summed E-state index contributed by atoms with van der Waals surface area (Å²) in [5, 5.41) is 0. The topological polar surface area (TPSA) is 18.5 Å². The van der Waals surface area contributed by atoms with Gasteiger partial charge in [0.2, 0.25) is 0 Å². The molecular weight excluding hydrogens is 292 g/mol. The van der Waals surface area contributed by atoms with Crippen molar-refractivity contribution in [3.05, 3.63) is 24.3 Å². The summed E-state index contributed by atoms with van der Waals surface area (Å²) in [6.45, 7) is 5.27. The molecule has 0 saturated carbocycles. The molecule has 0 aliphatic carbocycles. The highest BCUT2D eigenvalue weighted by molar-refractivity contribution is 9.09. The minimum atomic E-state index is 0.608. The van der Waals surface area contributed by atoms with Gasteiger partial charge in [-0.2, -0.15) is 0 Å². The lowest BCUT2D eigenvalue weighted by Crippen LogP contribution is -2.06. The van der Waals surface area contributed by atoms with Gasteiger partial charge in [-0.15, -0.1) is 0 Å². The van der Waals surface area contributed by atoms with Crippen LogP contribution in [0, 0.1) is 5.92 Å². The van der Waals surface area contributed by atoms with Crippen LogP contribution in [0.3, 0.4) is 0 Å². The number of ether oxygens (including phenoxy) is 2. The van der Waals surface area contributed by atoms with Crippen molar-refractivity contribution in [1.82, 2.24) is 0 Å². The normalized spacial score (nSPS) is 12.5. The van der Waals surface area contributed by atoms with Crippen LogP contribution in [0.1, 0.15) is 33.1 Å². The van der Waals surface area contributed by atoms with Crippen LogP contribution < -0.4 is 9.47 Å². The lowest BCUT2D eigenvalue weighted by atomic mass is 10.1. The zero-order valence-electron chi connectivity index (χ0n) is 11.5. The Kier molecular flexibility index (Phi) is 7.18. The van der Waals surface area contributed by atoms with Crippen LogP contribution in [-0.2, 0) is 0 Å². The zero-order chi connectivity index (χ0) is 13.4. The van der Waals surface area contributed by atoms with Gasteiger partial charge in [-0.1, -0.05) is 29.8 Å². The van der Waals surface area contributed by atoms with Crippen molar-refractivity contribution in [1.29, 1.82) is 0 Å². The summed E-state index contributed by atoms with van der Waals surface area (Å²) >= 11 is 3.71. The third-order valence-electron chi connectivity index (χ3n) is 2.72. The van der Waals surface area contributed by atoms with Crippen LogP contribution in [0.2, 0.25) is 0 Å². The quantitative estimate of drug-likeness (QED) is 0.513. The maximum atomic E-state index is 5.68. The van der Waals surface area contributed by atoms with Crippen molar-refractivity contribution in [3.63, 3.8) is 0 Å². The van der Waals surface area contributed by atoms with Crippen LogP contribution in [-0.4, -0.2) is 18.5 Å². The number of rotatable bonds is 8. The van der Waals surface area contributed by atoms with Crippen LogP contribution in [0.4, 0.5) is 0 Å². The Morgan fingerprint density at radius 3 is 2.28 bits per heavy atom. The van der Waals surface area contributed by atoms with Gasteiger partial charge in [0, 0.05) is 4.83 Å². The molecule has 18 heavy (non-hydrogen) atoms. The van der Waals surface area contributed by atoms with Crippen molar-refractivity contribution in [2.24, 2.45) is 5.92 Å². The highest BCUT2D eigenvalue weighted by Gasteiger charge is 2.06. The van der Waals surface area contributed by atoms with Crippen LogP contribution in [0.15, 0.2) is 24.3 Å². The molecule has 0 spiro atoms. The van der Waals surface area contributed by atoms with E-state index in [1.807, 2.05) is 24.3 Å². The first-order valence-electron chi connectivity index (χ1n) is 6.52. The second-order valence-corrected chi connectivity index (χ2v) is 6.19. The largest absolute Gasteiger partial charge is 0.497 e. The first-order chi connectivity index (χ1) is 8.61. The third-order valence-corrected chi connectivity index (χ3v) is 3.55. The first kappa shape index (κ1) is 15.4. The van der Waals surface area contributed by atoms with E-state index in [9.17, 15) is 0 Å². The molecule has 1 atom stereocenters. The van der Waals surface area contributed by atoms with Crippen LogP contribution in [0.25, 0.3) is 0 Å². The van der Waals surface area contributed by atoms with E-state index in [0.29, 0.717) is 4.83 Å². The number of alkyl halides is 1. The molecule has 0 radical (unpaired) electrons. The second kappa shape index (κ2) is 8.41. The Hall–Kier alpha value is -0.700. The minimum absolute atomic E-state index is 0.608. The number of hydrogen-bond acceptors (Lipinski definition) is 2. The fourth-order valence-electron chi connectivity index (χ4n) is 1.80. The van der Waals surface area contributed by atoms with E-state index >= 15 is 0 Å². The molecule has 1 unspecified atom stereocenters. The lowest BCUT2D eigenvalue weighted by molar-refractivity contribution is 0.304.